The van der Waals surface area contributed by atoms with E-state index >= 15 is 0 Å². The van der Waals surface area contributed by atoms with Crippen LogP contribution < -0.4 is 21.4 Å². The van der Waals surface area contributed by atoms with Crippen LogP contribution in [0.4, 0.5) is 23.1 Å². The van der Waals surface area contributed by atoms with Crippen LogP contribution in [0.5, 0.6) is 5.75 Å². The Morgan fingerprint density at radius 1 is 1.19 bits per heavy atom. The van der Waals surface area contributed by atoms with E-state index in [-0.39, 0.29) is 22.8 Å². The highest BCUT2D eigenvalue weighted by atomic mass is 16.5. The monoisotopic (exact) mass is 435 g/mol. The maximum absolute atomic E-state index is 12.3. The number of carboxylic acid groups (broad SMARTS) is 1. The quantitative estimate of drug-likeness (QED) is 0.280. The van der Waals surface area contributed by atoms with Gasteiger partial charge in [-0.3, -0.25) is 5.41 Å². The fourth-order valence-electron chi connectivity index (χ4n) is 3.44. The lowest BCUT2D eigenvalue weighted by molar-refractivity contribution is -0.104. The molecule has 3 aromatic rings. The van der Waals surface area contributed by atoms with Crippen molar-refractivity contribution in [1.82, 2.24) is 9.97 Å². The molecule has 0 bridgehead atoms. The van der Waals surface area contributed by atoms with Gasteiger partial charge in [0.2, 0.25) is 5.95 Å². The molecule has 1 saturated heterocycles. The van der Waals surface area contributed by atoms with Gasteiger partial charge >= 0.3 is 5.97 Å². The number of nitrogens with two attached hydrogens (primary N) is 2. The molecule has 4 rings (SSSR count). The molecule has 0 radical (unpaired) electrons. The molecule has 0 atom stereocenters. The molecule has 1 aliphatic rings. The Balaban J connectivity index is 1.89. The number of ether oxygens (including phenoxy) is 1. The number of aromatic nitrogens is 2. The number of morpholine rings is 1. The van der Waals surface area contributed by atoms with E-state index in [9.17, 15) is 15.0 Å². The smallest absolute Gasteiger partial charge is 0.341 e. The van der Waals surface area contributed by atoms with Crippen molar-refractivity contribution in [2.24, 2.45) is 0 Å². The molecule has 2 heterocycles. The summed E-state index contributed by atoms with van der Waals surface area (Å²) >= 11 is 0. The number of aromatic hydroxyl groups is 1. The molecule has 0 saturated carbocycles. The van der Waals surface area contributed by atoms with Crippen molar-refractivity contribution in [2.45, 2.75) is 0 Å². The second-order valence-corrected chi connectivity index (χ2v) is 7.19. The zero-order valence-electron chi connectivity index (χ0n) is 17.2. The molecular formula is C22H23N6O4+. The van der Waals surface area contributed by atoms with Crippen LogP contribution >= 0.6 is 0 Å². The predicted octanol–water partition coefficient (Wildman–Crippen LogP) is 0.888. The molecule has 32 heavy (non-hydrogen) atoms. The van der Waals surface area contributed by atoms with Crippen molar-refractivity contribution in [3.63, 3.8) is 0 Å². The summed E-state index contributed by atoms with van der Waals surface area (Å²) in [4.78, 5) is 23.3. The third-order valence-corrected chi connectivity index (χ3v) is 5.05. The van der Waals surface area contributed by atoms with E-state index in [1.165, 1.54) is 18.3 Å². The normalized spacial score (nSPS) is 13.6. The fourth-order valence-corrected chi connectivity index (χ4v) is 3.44. The van der Waals surface area contributed by atoms with Gasteiger partial charge in [0.1, 0.15) is 11.3 Å². The van der Waals surface area contributed by atoms with Crippen LogP contribution in [0.25, 0.3) is 11.3 Å². The van der Waals surface area contributed by atoms with E-state index in [1.54, 1.807) is 30.3 Å². The highest BCUT2D eigenvalue weighted by molar-refractivity contribution is 6.01. The molecule has 1 aromatic heterocycles. The number of aromatic carboxylic acids is 1. The summed E-state index contributed by atoms with van der Waals surface area (Å²) in [5, 5.41) is 28.7. The first kappa shape index (κ1) is 21.1. The molecule has 164 valence electrons. The Morgan fingerprint density at radius 2 is 1.97 bits per heavy atom. The van der Waals surface area contributed by atoms with Crippen LogP contribution in [0.3, 0.4) is 0 Å². The summed E-state index contributed by atoms with van der Waals surface area (Å²) in [7, 11) is 0. The molecule has 10 heteroatoms. The predicted molar refractivity (Wildman–Crippen MR) is 120 cm³/mol. The molecule has 2 aromatic carbocycles. The number of phenols is 1. The first-order valence-corrected chi connectivity index (χ1v) is 9.95. The molecule has 1 fully saturated rings. The zero-order valence-corrected chi connectivity index (χ0v) is 17.2. The van der Waals surface area contributed by atoms with Gasteiger partial charge in [-0.25, -0.2) is 9.78 Å². The van der Waals surface area contributed by atoms with Gasteiger partial charge in [0, 0.05) is 30.0 Å². The third kappa shape index (κ3) is 4.30. The number of phenolic OH excluding ortho intramolecular Hbond substituents is 1. The second-order valence-electron chi connectivity index (χ2n) is 7.19. The Hall–Kier alpha value is -4.18. The van der Waals surface area contributed by atoms with Crippen LogP contribution in [0.15, 0.2) is 42.5 Å². The summed E-state index contributed by atoms with van der Waals surface area (Å²) in [6.07, 6.45) is 1.37. The number of carbonyl (C=O) groups is 1. The van der Waals surface area contributed by atoms with E-state index in [2.05, 4.69) is 15.3 Å². The highest BCUT2D eigenvalue weighted by Crippen LogP contribution is 2.33. The van der Waals surface area contributed by atoms with Crippen LogP contribution in [0.2, 0.25) is 0 Å². The first-order valence-electron chi connectivity index (χ1n) is 9.95. The first-order chi connectivity index (χ1) is 15.5. The average Bonchev–Trinajstić information content (AvgIpc) is 2.80. The molecule has 0 aliphatic carbocycles. The van der Waals surface area contributed by atoms with Gasteiger partial charge < -0.3 is 30.9 Å². The summed E-state index contributed by atoms with van der Waals surface area (Å²) in [6.45, 7) is 2.17. The van der Waals surface area contributed by atoms with Crippen molar-refractivity contribution in [3.8, 4) is 17.0 Å². The van der Waals surface area contributed by atoms with Crippen molar-refractivity contribution in [2.75, 3.05) is 42.3 Å². The lowest BCUT2D eigenvalue weighted by Gasteiger charge is -2.28. The van der Waals surface area contributed by atoms with Crippen molar-refractivity contribution >= 4 is 35.3 Å². The number of anilines is 4. The van der Waals surface area contributed by atoms with Gasteiger partial charge in [0.15, 0.2) is 12.0 Å². The van der Waals surface area contributed by atoms with Gasteiger partial charge in [0.25, 0.3) is 0 Å². The van der Waals surface area contributed by atoms with Crippen molar-refractivity contribution in [3.05, 3.63) is 53.6 Å². The van der Waals surface area contributed by atoms with Gasteiger partial charge in [-0.2, -0.15) is 4.98 Å². The number of nitrogens with one attached hydrogen (secondary N) is 1. The van der Waals surface area contributed by atoms with Crippen LogP contribution in [-0.2, 0) is 4.74 Å². The number of carboxylic acids is 1. The maximum atomic E-state index is 12.3. The van der Waals surface area contributed by atoms with Gasteiger partial charge in [-0.05, 0) is 30.3 Å². The molecule has 0 spiro atoms. The molecule has 0 unspecified atom stereocenters. The van der Waals surface area contributed by atoms with Gasteiger partial charge in [0.05, 0.1) is 24.5 Å². The SMILES string of the molecule is Nc1ccc(Nc2nc(N3CCOCC3)nc(-c3cccc(O)c3)c2C(=O)O)cc1C=[NH2+]. The van der Waals surface area contributed by atoms with E-state index in [1.807, 2.05) is 4.90 Å². The van der Waals surface area contributed by atoms with Crippen LogP contribution in [-0.4, -0.2) is 58.7 Å². The van der Waals surface area contributed by atoms with Crippen LogP contribution in [0, 0.1) is 0 Å². The van der Waals surface area contributed by atoms with E-state index < -0.39 is 5.97 Å². The summed E-state index contributed by atoms with van der Waals surface area (Å²) in [5.41, 5.74) is 8.08. The number of hydrogen-bond acceptors (Lipinski definition) is 8. The van der Waals surface area contributed by atoms with E-state index in [4.69, 9.17) is 15.9 Å². The topological polar surface area (TPSA) is 159 Å². The molecular weight excluding hydrogens is 412 g/mol. The minimum atomic E-state index is -1.21. The summed E-state index contributed by atoms with van der Waals surface area (Å²) in [6, 6.07) is 11.4. The standard InChI is InChI=1S/C22H22N6O4/c23-12-14-10-15(4-5-17(14)24)25-20-18(21(30)31)19(13-2-1-3-16(29)11-13)26-22(27-20)28-6-8-32-9-7-28/h1-5,10-12,23,29H,6-9,24H2,(H,30,31)(H,25,26,27)/p+1. The van der Waals surface area contributed by atoms with Gasteiger partial charge in [-0.15, -0.1) is 0 Å². The number of rotatable bonds is 6. The Bertz CT molecular complexity index is 1180. The number of nitrogens with zero attached hydrogens (tertiary/aromatic N) is 3. The summed E-state index contributed by atoms with van der Waals surface area (Å²) < 4.78 is 5.41. The molecule has 7 N–H and O–H groups in total. The third-order valence-electron chi connectivity index (χ3n) is 5.05. The highest BCUT2D eigenvalue weighted by Gasteiger charge is 2.25. The number of nitrogen functional groups attached to an aromatic ring is 1. The van der Waals surface area contributed by atoms with E-state index in [0.29, 0.717) is 54.8 Å². The van der Waals surface area contributed by atoms with Crippen molar-refractivity contribution < 1.29 is 25.2 Å². The second kappa shape index (κ2) is 8.90. The number of benzene rings is 2. The largest absolute Gasteiger partial charge is 0.508 e. The Morgan fingerprint density at radius 3 is 2.66 bits per heavy atom. The van der Waals surface area contributed by atoms with E-state index in [0.717, 1.165) is 0 Å². The minimum absolute atomic E-state index is 0.00143. The number of hydrogen-bond donors (Lipinski definition) is 5. The lowest BCUT2D eigenvalue weighted by atomic mass is 10.1. The van der Waals surface area contributed by atoms with Crippen molar-refractivity contribution in [1.29, 1.82) is 0 Å². The minimum Gasteiger partial charge on any atom is -0.508 e. The lowest BCUT2D eigenvalue weighted by Crippen LogP contribution is -2.37. The zero-order chi connectivity index (χ0) is 22.7. The average molecular weight is 435 g/mol. The van der Waals surface area contributed by atoms with Crippen LogP contribution in [0.1, 0.15) is 15.9 Å². The molecule has 0 amide bonds. The molecule has 10 nitrogen and oxygen atoms in total. The van der Waals surface area contributed by atoms with Gasteiger partial charge in [-0.1, -0.05) is 12.1 Å². The Labute approximate surface area is 183 Å². The summed E-state index contributed by atoms with van der Waals surface area (Å²) in [5.74, 6) is -0.734. The molecule has 1 aliphatic heterocycles. The fraction of sp³-hybridized carbons (Fsp3) is 0.182. The Kier molecular flexibility index (Phi) is 5.86. The maximum Gasteiger partial charge on any atom is 0.341 e.